The smallest absolute Gasteiger partial charge is 0.243 e. The maximum Gasteiger partial charge on any atom is 0.243 e. The number of benzene rings is 2. The molecule has 1 heterocycles. The molecule has 1 unspecified atom stereocenters. The summed E-state index contributed by atoms with van der Waals surface area (Å²) in [6, 6.07) is 18.5. The van der Waals surface area contributed by atoms with Gasteiger partial charge in [-0.1, -0.05) is 67.3 Å². The van der Waals surface area contributed by atoms with Crippen LogP contribution in [0.3, 0.4) is 0 Å². The van der Waals surface area contributed by atoms with Crippen LogP contribution in [0.1, 0.15) is 25.8 Å². The average molecular weight is 471 g/mol. The van der Waals surface area contributed by atoms with Gasteiger partial charge >= 0.3 is 0 Å². The Kier molecular flexibility index (Phi) is 9.63. The van der Waals surface area contributed by atoms with Crippen molar-refractivity contribution in [3.05, 3.63) is 108 Å². The summed E-state index contributed by atoms with van der Waals surface area (Å²) in [6.07, 6.45) is 9.59. The second-order valence-electron chi connectivity index (χ2n) is 8.27. The van der Waals surface area contributed by atoms with Crippen LogP contribution in [-0.2, 0) is 16.1 Å². The van der Waals surface area contributed by atoms with Crippen molar-refractivity contribution in [1.29, 1.82) is 0 Å². The number of methoxy groups -OCH3 is 1. The lowest BCUT2D eigenvalue weighted by molar-refractivity contribution is -0.127. The van der Waals surface area contributed by atoms with Crippen molar-refractivity contribution in [3.8, 4) is 11.1 Å². The van der Waals surface area contributed by atoms with Crippen LogP contribution in [0, 0.1) is 0 Å². The van der Waals surface area contributed by atoms with Gasteiger partial charge in [-0.25, -0.2) is 4.99 Å². The molecule has 0 aromatic heterocycles. The lowest BCUT2D eigenvalue weighted by Gasteiger charge is -2.14. The maximum absolute atomic E-state index is 12.9. The molecule has 1 amide bonds. The maximum atomic E-state index is 12.9. The van der Waals surface area contributed by atoms with Crippen molar-refractivity contribution in [2.24, 2.45) is 4.99 Å². The molecule has 1 atom stereocenters. The molecule has 6 heteroatoms. The van der Waals surface area contributed by atoms with E-state index in [-0.39, 0.29) is 11.9 Å². The van der Waals surface area contributed by atoms with E-state index < -0.39 is 0 Å². The average Bonchev–Trinajstić information content (AvgIpc) is 3.22. The fraction of sp³-hybridized carbons (Fsp3) is 0.241. The van der Waals surface area contributed by atoms with Crippen LogP contribution in [0.25, 0.3) is 11.1 Å². The summed E-state index contributed by atoms with van der Waals surface area (Å²) >= 11 is 0. The second-order valence-corrected chi connectivity index (χ2v) is 8.27. The topological polar surface area (TPSA) is 66.0 Å². The number of rotatable bonds is 11. The molecule has 3 rings (SSSR count). The summed E-state index contributed by atoms with van der Waals surface area (Å²) in [5, 5.41) is 6.36. The van der Waals surface area contributed by atoms with Crippen molar-refractivity contribution >= 4 is 12.2 Å². The number of hydrogen-bond acceptors (Lipinski definition) is 4. The minimum absolute atomic E-state index is 0.0534. The van der Waals surface area contributed by atoms with Gasteiger partial charge in [0.2, 0.25) is 5.91 Å². The summed E-state index contributed by atoms with van der Waals surface area (Å²) in [5.74, 6) is 0.614. The lowest BCUT2D eigenvalue weighted by atomic mass is 10.0. The lowest BCUT2D eigenvalue weighted by Crippen LogP contribution is -2.36. The van der Waals surface area contributed by atoms with E-state index in [0.29, 0.717) is 24.5 Å². The van der Waals surface area contributed by atoms with Crippen LogP contribution >= 0.6 is 0 Å². The quantitative estimate of drug-likeness (QED) is 0.206. The highest BCUT2D eigenvalue weighted by atomic mass is 16.5. The summed E-state index contributed by atoms with van der Waals surface area (Å²) in [5.41, 5.74) is 4.95. The van der Waals surface area contributed by atoms with Gasteiger partial charge in [0.1, 0.15) is 11.5 Å². The van der Waals surface area contributed by atoms with Crippen LogP contribution in [0.5, 0.6) is 0 Å². The third-order valence-corrected chi connectivity index (χ3v) is 5.57. The summed E-state index contributed by atoms with van der Waals surface area (Å²) < 4.78 is 5.52. The fourth-order valence-corrected chi connectivity index (χ4v) is 3.70. The zero-order valence-corrected chi connectivity index (χ0v) is 20.7. The minimum atomic E-state index is -0.212. The summed E-state index contributed by atoms with van der Waals surface area (Å²) in [4.78, 5) is 19.0. The Bertz CT molecular complexity index is 1120. The second kappa shape index (κ2) is 13.1. The number of amides is 1. The third-order valence-electron chi connectivity index (χ3n) is 5.57. The molecule has 6 nitrogen and oxygen atoms in total. The Labute approximate surface area is 208 Å². The van der Waals surface area contributed by atoms with Crippen LogP contribution in [0.4, 0.5) is 0 Å². The zero-order valence-electron chi connectivity index (χ0n) is 20.7. The van der Waals surface area contributed by atoms with Gasteiger partial charge < -0.3 is 20.3 Å². The number of carbonyl (C=O) groups is 1. The molecular weight excluding hydrogens is 436 g/mol. The SMILES string of the molecule is C=C(C)NC=NC(/C=C\C)=C(/C=C/N1CCC(NCc2ccc(-c3ccccc3)cc2)C1=O)OC. The molecule has 1 aliphatic heterocycles. The molecule has 1 fully saturated rings. The van der Waals surface area contributed by atoms with Crippen LogP contribution in [0.2, 0.25) is 0 Å². The Hall–Kier alpha value is -3.90. The van der Waals surface area contributed by atoms with Gasteiger partial charge in [-0.15, -0.1) is 0 Å². The molecule has 2 N–H and O–H groups in total. The van der Waals surface area contributed by atoms with Gasteiger partial charge in [0.15, 0.2) is 0 Å². The number of hydrogen-bond donors (Lipinski definition) is 2. The first-order valence-corrected chi connectivity index (χ1v) is 11.7. The Balaban J connectivity index is 1.59. The minimum Gasteiger partial charge on any atom is -0.494 e. The first-order valence-electron chi connectivity index (χ1n) is 11.7. The van der Waals surface area contributed by atoms with Crippen molar-refractivity contribution in [2.75, 3.05) is 13.7 Å². The molecule has 0 bridgehead atoms. The van der Waals surface area contributed by atoms with E-state index in [9.17, 15) is 4.79 Å². The molecule has 182 valence electrons. The molecule has 1 aliphatic rings. The van der Waals surface area contributed by atoms with Gasteiger partial charge in [-0.3, -0.25) is 4.79 Å². The normalized spacial score (nSPS) is 16.9. The third kappa shape index (κ3) is 7.55. The van der Waals surface area contributed by atoms with Crippen molar-refractivity contribution in [1.82, 2.24) is 15.5 Å². The van der Waals surface area contributed by atoms with E-state index in [0.717, 1.165) is 17.7 Å². The van der Waals surface area contributed by atoms with Crippen molar-refractivity contribution in [3.63, 3.8) is 0 Å². The van der Waals surface area contributed by atoms with Crippen LogP contribution in [0.15, 0.2) is 108 Å². The molecule has 0 radical (unpaired) electrons. The number of likely N-dealkylation sites (tertiary alicyclic amines) is 1. The zero-order chi connectivity index (χ0) is 25.0. The van der Waals surface area contributed by atoms with Gasteiger partial charge in [-0.05, 0) is 49.1 Å². The number of nitrogens with zero attached hydrogens (tertiary/aromatic N) is 2. The van der Waals surface area contributed by atoms with E-state index >= 15 is 0 Å². The number of allylic oxidation sites excluding steroid dienone is 4. The summed E-state index contributed by atoms with van der Waals surface area (Å²) in [6.45, 7) is 8.84. The van der Waals surface area contributed by atoms with E-state index in [2.05, 4.69) is 58.6 Å². The van der Waals surface area contributed by atoms with Gasteiger partial charge in [0.05, 0.1) is 19.5 Å². The molecule has 2 aromatic rings. The first kappa shape index (κ1) is 25.7. The van der Waals surface area contributed by atoms with Gasteiger partial charge in [0, 0.05) is 25.0 Å². The first-order chi connectivity index (χ1) is 17.0. The Morgan fingerprint density at radius 2 is 1.86 bits per heavy atom. The van der Waals surface area contributed by atoms with Crippen LogP contribution in [-0.4, -0.2) is 36.8 Å². The van der Waals surface area contributed by atoms with E-state index in [1.807, 2.05) is 44.2 Å². The molecular formula is C29H34N4O2. The fourth-order valence-electron chi connectivity index (χ4n) is 3.70. The number of ether oxygens (including phenoxy) is 1. The molecule has 1 saturated heterocycles. The predicted octanol–water partition coefficient (Wildman–Crippen LogP) is 5.14. The standard InChI is InChI=1S/C29H34N4O2/c1-5-9-26(32-21-31-22(2)3)28(35-4)17-19-33-18-16-27(29(33)34)30-20-23-12-14-25(15-13-23)24-10-7-6-8-11-24/h5-15,17,19,21,27,30H,2,16,18,20H2,1,3-4H3,(H,31,32)/b9-5-,19-17+,28-26-. The molecule has 0 spiro atoms. The molecule has 0 saturated carbocycles. The predicted molar refractivity (Wildman–Crippen MR) is 143 cm³/mol. The van der Waals surface area contributed by atoms with Crippen LogP contribution < -0.4 is 10.6 Å². The highest BCUT2D eigenvalue weighted by Crippen LogP contribution is 2.20. The van der Waals surface area contributed by atoms with Crippen molar-refractivity contribution < 1.29 is 9.53 Å². The van der Waals surface area contributed by atoms with E-state index in [1.165, 1.54) is 11.1 Å². The Morgan fingerprint density at radius 3 is 2.51 bits per heavy atom. The van der Waals surface area contributed by atoms with Gasteiger partial charge in [0.25, 0.3) is 0 Å². The van der Waals surface area contributed by atoms with E-state index in [4.69, 9.17) is 4.74 Å². The molecule has 0 aliphatic carbocycles. The number of carbonyl (C=O) groups excluding carboxylic acids is 1. The molecule has 2 aromatic carbocycles. The highest BCUT2D eigenvalue weighted by Gasteiger charge is 2.29. The largest absolute Gasteiger partial charge is 0.494 e. The number of nitrogens with one attached hydrogen (secondary N) is 2. The highest BCUT2D eigenvalue weighted by molar-refractivity contribution is 5.85. The Morgan fingerprint density at radius 1 is 1.14 bits per heavy atom. The van der Waals surface area contributed by atoms with Crippen molar-refractivity contribution in [2.45, 2.75) is 32.9 Å². The van der Waals surface area contributed by atoms with Gasteiger partial charge in [-0.2, -0.15) is 0 Å². The monoisotopic (exact) mass is 470 g/mol. The summed E-state index contributed by atoms with van der Waals surface area (Å²) in [7, 11) is 1.59. The van der Waals surface area contributed by atoms with E-state index in [1.54, 1.807) is 30.6 Å². The number of aliphatic imine (C=N–C) groups is 1. The molecule has 35 heavy (non-hydrogen) atoms.